The Kier molecular flexibility index (Phi) is 14.6. The van der Waals surface area contributed by atoms with Crippen molar-refractivity contribution in [2.24, 2.45) is 11.8 Å². The van der Waals surface area contributed by atoms with Crippen LogP contribution in [-0.2, 0) is 20.8 Å². The van der Waals surface area contributed by atoms with E-state index in [4.69, 9.17) is 19.5 Å². The second kappa shape index (κ2) is 17.6. The molecule has 2 aliphatic rings. The first kappa shape index (κ1) is 38.2. The van der Waals surface area contributed by atoms with E-state index in [1.807, 2.05) is 51.1 Å². The van der Waals surface area contributed by atoms with E-state index in [2.05, 4.69) is 17.5 Å². The van der Waals surface area contributed by atoms with Crippen LogP contribution in [0.15, 0.2) is 30.3 Å². The monoisotopic (exact) mass is 642 g/mol. The molecule has 0 aromatic heterocycles. The molecule has 12 heteroatoms. The van der Waals surface area contributed by atoms with Crippen molar-refractivity contribution < 1.29 is 30.0 Å². The minimum atomic E-state index is -0.606. The number of likely N-dealkylation sites (tertiary alicyclic amines) is 1. The lowest BCUT2D eigenvalue weighted by Crippen LogP contribution is -2.45. The predicted molar refractivity (Wildman–Crippen MR) is 175 cm³/mol. The van der Waals surface area contributed by atoms with Crippen LogP contribution in [0.3, 0.4) is 0 Å². The molecule has 0 bridgehead atoms. The molecule has 3 rings (SSSR count). The second-order valence-electron chi connectivity index (χ2n) is 13.8. The van der Waals surface area contributed by atoms with Crippen LogP contribution in [0, 0.1) is 34.5 Å². The third-order valence-corrected chi connectivity index (χ3v) is 7.83. The third kappa shape index (κ3) is 12.8. The zero-order chi connectivity index (χ0) is 34.5. The average molecular weight is 643 g/mol. The van der Waals surface area contributed by atoms with Gasteiger partial charge in [0.15, 0.2) is 0 Å². The summed E-state index contributed by atoms with van der Waals surface area (Å²) in [5.41, 5.74) is -0.180. The Morgan fingerprint density at radius 3 is 1.89 bits per heavy atom. The van der Waals surface area contributed by atoms with Gasteiger partial charge in [0.05, 0.1) is 37.1 Å². The summed E-state index contributed by atoms with van der Waals surface area (Å²) in [7, 11) is 3.36. The Balaban J connectivity index is 0.000000505. The Bertz CT molecular complexity index is 1220. The number of carbonyl (C=O) groups excluding carboxylic acids is 3. The van der Waals surface area contributed by atoms with E-state index in [9.17, 15) is 19.6 Å². The molecule has 0 radical (unpaired) electrons. The molecule has 0 spiro atoms. The molecule has 1 aromatic rings. The van der Waals surface area contributed by atoms with Gasteiger partial charge in [-0.25, -0.2) is 14.4 Å². The number of ether oxygens (including phenoxy) is 3. The number of hydrogen-bond donors (Lipinski definition) is 1. The van der Waals surface area contributed by atoms with Gasteiger partial charge >= 0.3 is 18.3 Å². The van der Waals surface area contributed by atoms with E-state index in [0.717, 1.165) is 25.1 Å². The molecule has 256 valence electrons. The fourth-order valence-electron chi connectivity index (χ4n) is 5.45. The van der Waals surface area contributed by atoms with Gasteiger partial charge in [0.25, 0.3) is 0 Å². The maximum atomic E-state index is 12.4. The molecule has 2 aliphatic heterocycles. The van der Waals surface area contributed by atoms with Crippen molar-refractivity contribution in [1.82, 2.24) is 20.0 Å². The Hall–Kier alpha value is -4.03. The van der Waals surface area contributed by atoms with Crippen LogP contribution in [0.1, 0.15) is 74.2 Å². The number of carbonyl (C=O) groups is 3. The van der Waals surface area contributed by atoms with Gasteiger partial charge in [-0.05, 0) is 78.3 Å². The number of hydrogen-bond acceptors (Lipinski definition) is 9. The van der Waals surface area contributed by atoms with Gasteiger partial charge < -0.3 is 34.2 Å². The van der Waals surface area contributed by atoms with Crippen LogP contribution in [0.25, 0.3) is 0 Å². The van der Waals surface area contributed by atoms with E-state index >= 15 is 0 Å². The lowest BCUT2D eigenvalue weighted by atomic mass is 9.95. The largest absolute Gasteiger partial charge is 0.445 e. The number of nitriles is 2. The summed E-state index contributed by atoms with van der Waals surface area (Å²) in [6.45, 7) is 14.0. The summed E-state index contributed by atoms with van der Waals surface area (Å²) < 4.78 is 16.2. The van der Waals surface area contributed by atoms with Crippen molar-refractivity contribution in [2.45, 2.75) is 97.1 Å². The van der Waals surface area contributed by atoms with Crippen molar-refractivity contribution in [3.63, 3.8) is 0 Å². The molecule has 12 nitrogen and oxygen atoms in total. The molecule has 0 aliphatic carbocycles. The topological polar surface area (TPSA) is 148 Å². The molecule has 1 aromatic carbocycles. The average Bonchev–Trinajstić information content (AvgIpc) is 3.69. The summed E-state index contributed by atoms with van der Waals surface area (Å²) in [5, 5.41) is 21.4. The van der Waals surface area contributed by atoms with E-state index < -0.39 is 17.3 Å². The zero-order valence-corrected chi connectivity index (χ0v) is 28.7. The van der Waals surface area contributed by atoms with Crippen molar-refractivity contribution in [2.75, 3.05) is 40.3 Å². The number of nitrogens with one attached hydrogen (secondary N) is 1. The number of benzene rings is 1. The first-order valence-electron chi connectivity index (χ1n) is 15.9. The van der Waals surface area contributed by atoms with Gasteiger partial charge in [0, 0.05) is 35.2 Å². The summed E-state index contributed by atoms with van der Waals surface area (Å²) in [4.78, 5) is 41.5. The van der Waals surface area contributed by atoms with Crippen LogP contribution in [0.2, 0.25) is 0 Å². The highest BCUT2D eigenvalue weighted by atomic mass is 16.6. The van der Waals surface area contributed by atoms with Crippen molar-refractivity contribution >= 4 is 18.3 Å². The minimum absolute atomic E-state index is 0. The number of rotatable bonds is 8. The third-order valence-electron chi connectivity index (χ3n) is 7.83. The first-order chi connectivity index (χ1) is 21.6. The van der Waals surface area contributed by atoms with Crippen molar-refractivity contribution in [1.29, 1.82) is 10.5 Å². The van der Waals surface area contributed by atoms with Crippen LogP contribution in [-0.4, -0.2) is 96.5 Å². The molecule has 2 heterocycles. The normalized spacial score (nSPS) is 19.0. The molecule has 2 saturated heterocycles. The number of amides is 3. The van der Waals surface area contributed by atoms with Crippen molar-refractivity contribution in [3.05, 3.63) is 35.9 Å². The molecular weight excluding hydrogens is 588 g/mol. The van der Waals surface area contributed by atoms with Gasteiger partial charge in [-0.3, -0.25) is 0 Å². The standard InChI is InChI=1S/C21H29N3O4.C13H23N3O2.H2/c1-21(2,3)28-19(25)23(4)18(10-12-22)17-11-13-24(14-17)20(26)27-15-16-8-6-5-7-9-16;1-13(2,3)18-12(17)16(4)11(5-7-14)10-6-8-15-9-10;/h5-9,17-18H,10-11,13-15H2,1-4H3;10-11,15H,5-6,8-9H2,1-4H3;1H. The molecular formula is C34H54N6O6. The van der Waals surface area contributed by atoms with Gasteiger partial charge in [0.2, 0.25) is 0 Å². The molecule has 1 N–H and O–H groups in total. The highest BCUT2D eigenvalue weighted by Gasteiger charge is 2.37. The van der Waals surface area contributed by atoms with Crippen molar-refractivity contribution in [3.8, 4) is 12.1 Å². The molecule has 2 fully saturated rings. The van der Waals surface area contributed by atoms with Crippen LogP contribution >= 0.6 is 0 Å². The second-order valence-corrected chi connectivity index (χ2v) is 13.8. The van der Waals surface area contributed by atoms with Gasteiger partial charge in [-0.1, -0.05) is 30.3 Å². The fourth-order valence-corrected chi connectivity index (χ4v) is 5.45. The minimum Gasteiger partial charge on any atom is -0.445 e. The molecule has 46 heavy (non-hydrogen) atoms. The SMILES string of the molecule is CN(C(=O)OC(C)(C)C)C(CC#N)C1CCN(C(=O)OCc2ccccc2)C1.CN(C(=O)OC(C)(C)C)C(CC#N)C1CCNC1.[HH]. The smallest absolute Gasteiger partial charge is 0.410 e. The maximum Gasteiger partial charge on any atom is 0.410 e. The lowest BCUT2D eigenvalue weighted by Gasteiger charge is -2.32. The van der Waals surface area contributed by atoms with E-state index in [0.29, 0.717) is 31.8 Å². The van der Waals surface area contributed by atoms with Gasteiger partial charge in [0.1, 0.15) is 17.8 Å². The molecule has 4 atom stereocenters. The first-order valence-corrected chi connectivity index (χ1v) is 15.9. The Morgan fingerprint density at radius 2 is 1.43 bits per heavy atom. The Labute approximate surface area is 276 Å². The lowest BCUT2D eigenvalue weighted by molar-refractivity contribution is 0.0163. The molecule has 4 unspecified atom stereocenters. The molecule has 0 saturated carbocycles. The predicted octanol–water partition coefficient (Wildman–Crippen LogP) is 5.79. The van der Waals surface area contributed by atoms with Crippen LogP contribution in [0.5, 0.6) is 0 Å². The highest BCUT2D eigenvalue weighted by Crippen LogP contribution is 2.27. The summed E-state index contributed by atoms with van der Waals surface area (Å²) in [6.07, 6.45) is 1.06. The fraction of sp³-hybridized carbons (Fsp3) is 0.676. The maximum absolute atomic E-state index is 12.4. The quantitative estimate of drug-likeness (QED) is 0.348. The Morgan fingerprint density at radius 1 is 0.913 bits per heavy atom. The molecule has 3 amide bonds. The van der Waals surface area contributed by atoms with E-state index in [1.165, 1.54) is 4.90 Å². The van der Waals surface area contributed by atoms with Crippen LogP contribution < -0.4 is 5.32 Å². The summed E-state index contributed by atoms with van der Waals surface area (Å²) in [6, 6.07) is 13.4. The van der Waals surface area contributed by atoms with E-state index in [1.54, 1.807) is 44.7 Å². The summed E-state index contributed by atoms with van der Waals surface area (Å²) in [5.74, 6) is 0.337. The van der Waals surface area contributed by atoms with E-state index in [-0.39, 0.29) is 44.6 Å². The highest BCUT2D eigenvalue weighted by molar-refractivity contribution is 5.69. The van der Waals surface area contributed by atoms with Gasteiger partial charge in [-0.15, -0.1) is 0 Å². The van der Waals surface area contributed by atoms with Crippen LogP contribution in [0.4, 0.5) is 14.4 Å². The van der Waals surface area contributed by atoms with Gasteiger partial charge in [-0.2, -0.15) is 10.5 Å². The summed E-state index contributed by atoms with van der Waals surface area (Å²) >= 11 is 0. The zero-order valence-electron chi connectivity index (χ0n) is 28.7. The number of nitrogens with zero attached hydrogens (tertiary/aromatic N) is 5.